The van der Waals surface area contributed by atoms with Crippen molar-refractivity contribution in [2.75, 3.05) is 31.6 Å². The molecule has 2 rings (SSSR count). The summed E-state index contributed by atoms with van der Waals surface area (Å²) in [5.74, 6) is 0. The molecule has 1 aliphatic heterocycles. The topological polar surface area (TPSA) is 24.5 Å². The molecule has 3 nitrogen and oxygen atoms in total. The zero-order valence-electron chi connectivity index (χ0n) is 12.5. The van der Waals surface area contributed by atoms with Gasteiger partial charge in [-0.05, 0) is 37.9 Å². The fourth-order valence-electron chi connectivity index (χ4n) is 2.69. The van der Waals surface area contributed by atoms with Gasteiger partial charge in [-0.25, -0.2) is 0 Å². The third kappa shape index (κ3) is 4.11. The molecule has 1 saturated heterocycles. The van der Waals surface area contributed by atoms with Crippen molar-refractivity contribution in [2.24, 2.45) is 0 Å². The number of hydrogen-bond acceptors (Lipinski definition) is 3. The van der Waals surface area contributed by atoms with Crippen molar-refractivity contribution in [1.29, 1.82) is 0 Å². The van der Waals surface area contributed by atoms with E-state index in [4.69, 9.17) is 16.3 Å². The van der Waals surface area contributed by atoms with Gasteiger partial charge in [0, 0.05) is 43.0 Å². The molecule has 1 aromatic carbocycles. The second-order valence-corrected chi connectivity index (χ2v) is 5.79. The van der Waals surface area contributed by atoms with Crippen LogP contribution in [0.2, 0.25) is 5.02 Å². The zero-order valence-corrected chi connectivity index (χ0v) is 13.2. The fourth-order valence-corrected chi connectivity index (χ4v) is 2.92. The van der Waals surface area contributed by atoms with Crippen LogP contribution in [0.1, 0.15) is 31.7 Å². The molecule has 1 heterocycles. The number of nitrogens with zero attached hydrogens (tertiary/aromatic N) is 1. The van der Waals surface area contributed by atoms with Gasteiger partial charge in [0.1, 0.15) is 0 Å². The van der Waals surface area contributed by atoms with Crippen LogP contribution in [0.3, 0.4) is 0 Å². The van der Waals surface area contributed by atoms with Crippen molar-refractivity contribution < 1.29 is 4.74 Å². The maximum atomic E-state index is 6.35. The van der Waals surface area contributed by atoms with Gasteiger partial charge >= 0.3 is 0 Å². The first-order valence-electron chi connectivity index (χ1n) is 7.53. The minimum Gasteiger partial charge on any atom is -0.376 e. The molecule has 0 aromatic heterocycles. The van der Waals surface area contributed by atoms with Gasteiger partial charge in [0.2, 0.25) is 0 Å². The summed E-state index contributed by atoms with van der Waals surface area (Å²) >= 11 is 6.35. The number of halogens is 1. The standard InChI is InChI=1S/C16H25ClN2O/c1-3-18-11-14-15(17)8-6-9-16(14)19(2)12-13-7-4-5-10-20-13/h6,8-9,13,18H,3-5,7,10-12H2,1-2H3. The van der Waals surface area contributed by atoms with Crippen LogP contribution in [0.4, 0.5) is 5.69 Å². The molecule has 0 spiro atoms. The normalized spacial score (nSPS) is 19.1. The molecule has 1 N–H and O–H groups in total. The second-order valence-electron chi connectivity index (χ2n) is 5.39. The van der Waals surface area contributed by atoms with Crippen LogP contribution in [0, 0.1) is 0 Å². The minimum absolute atomic E-state index is 0.347. The molecule has 112 valence electrons. The summed E-state index contributed by atoms with van der Waals surface area (Å²) in [6.07, 6.45) is 3.98. The van der Waals surface area contributed by atoms with Crippen molar-refractivity contribution >= 4 is 17.3 Å². The first-order chi connectivity index (χ1) is 9.72. The monoisotopic (exact) mass is 296 g/mol. The third-order valence-corrected chi connectivity index (χ3v) is 4.16. The van der Waals surface area contributed by atoms with Gasteiger partial charge in [-0.3, -0.25) is 0 Å². The van der Waals surface area contributed by atoms with Gasteiger partial charge in [0.15, 0.2) is 0 Å². The van der Waals surface area contributed by atoms with E-state index in [9.17, 15) is 0 Å². The van der Waals surface area contributed by atoms with Crippen LogP contribution >= 0.6 is 11.6 Å². The molecule has 0 amide bonds. The number of hydrogen-bond donors (Lipinski definition) is 1. The van der Waals surface area contributed by atoms with Gasteiger partial charge in [0.25, 0.3) is 0 Å². The maximum Gasteiger partial charge on any atom is 0.0749 e. The lowest BCUT2D eigenvalue weighted by atomic mass is 10.1. The molecule has 20 heavy (non-hydrogen) atoms. The van der Waals surface area contributed by atoms with Gasteiger partial charge in [-0.1, -0.05) is 24.6 Å². The van der Waals surface area contributed by atoms with E-state index < -0.39 is 0 Å². The smallest absolute Gasteiger partial charge is 0.0749 e. The highest BCUT2D eigenvalue weighted by molar-refractivity contribution is 6.31. The first-order valence-corrected chi connectivity index (χ1v) is 7.91. The van der Waals surface area contributed by atoms with E-state index in [0.717, 1.165) is 37.7 Å². The van der Waals surface area contributed by atoms with E-state index in [0.29, 0.717) is 6.10 Å². The molecule has 1 fully saturated rings. The number of rotatable bonds is 6. The van der Waals surface area contributed by atoms with Crippen molar-refractivity contribution in [3.8, 4) is 0 Å². The van der Waals surface area contributed by atoms with Gasteiger partial charge in [-0.15, -0.1) is 0 Å². The van der Waals surface area contributed by atoms with Crippen LogP contribution in [-0.4, -0.2) is 32.8 Å². The molecular weight excluding hydrogens is 272 g/mol. The Morgan fingerprint density at radius 3 is 2.95 bits per heavy atom. The Hall–Kier alpha value is -0.770. The highest BCUT2D eigenvalue weighted by Crippen LogP contribution is 2.27. The summed E-state index contributed by atoms with van der Waals surface area (Å²) in [4.78, 5) is 2.27. The highest BCUT2D eigenvalue weighted by atomic mass is 35.5. The Morgan fingerprint density at radius 1 is 1.40 bits per heavy atom. The molecule has 1 aromatic rings. The van der Waals surface area contributed by atoms with E-state index in [-0.39, 0.29) is 0 Å². The molecule has 0 bridgehead atoms. The summed E-state index contributed by atoms with van der Waals surface area (Å²) in [6, 6.07) is 6.12. The van der Waals surface area contributed by atoms with E-state index in [1.165, 1.54) is 24.1 Å². The Bertz CT molecular complexity index is 419. The molecule has 4 heteroatoms. The molecule has 1 unspecified atom stereocenters. The van der Waals surface area contributed by atoms with Crippen LogP contribution in [-0.2, 0) is 11.3 Å². The average Bonchev–Trinajstić information content (AvgIpc) is 2.47. The SMILES string of the molecule is CCNCc1c(Cl)cccc1N(C)CC1CCCCO1. The Labute approximate surface area is 127 Å². The van der Waals surface area contributed by atoms with Gasteiger partial charge < -0.3 is 15.0 Å². The van der Waals surface area contributed by atoms with Crippen molar-refractivity contribution in [2.45, 2.75) is 38.8 Å². The summed E-state index contributed by atoms with van der Waals surface area (Å²) in [5, 5.41) is 4.20. The largest absolute Gasteiger partial charge is 0.376 e. The van der Waals surface area contributed by atoms with Crippen LogP contribution in [0.15, 0.2) is 18.2 Å². The summed E-state index contributed by atoms with van der Waals surface area (Å²) < 4.78 is 5.83. The molecule has 0 saturated carbocycles. The quantitative estimate of drug-likeness (QED) is 0.870. The number of likely N-dealkylation sites (N-methyl/N-ethyl adjacent to an activating group) is 1. The van der Waals surface area contributed by atoms with Crippen molar-refractivity contribution in [3.05, 3.63) is 28.8 Å². The van der Waals surface area contributed by atoms with Gasteiger partial charge in [-0.2, -0.15) is 0 Å². The van der Waals surface area contributed by atoms with E-state index >= 15 is 0 Å². The molecular formula is C16H25ClN2O. The van der Waals surface area contributed by atoms with E-state index in [1.807, 2.05) is 12.1 Å². The minimum atomic E-state index is 0.347. The van der Waals surface area contributed by atoms with E-state index in [1.54, 1.807) is 0 Å². The van der Waals surface area contributed by atoms with Crippen LogP contribution < -0.4 is 10.2 Å². The predicted octanol–water partition coefficient (Wildman–Crippen LogP) is 3.45. The molecule has 1 atom stereocenters. The third-order valence-electron chi connectivity index (χ3n) is 3.81. The lowest BCUT2D eigenvalue weighted by molar-refractivity contribution is 0.0216. The molecule has 0 aliphatic carbocycles. The summed E-state index contributed by atoms with van der Waals surface area (Å²) in [5.41, 5.74) is 2.38. The first kappa shape index (κ1) is 15.6. The highest BCUT2D eigenvalue weighted by Gasteiger charge is 2.18. The predicted molar refractivity (Wildman–Crippen MR) is 85.7 cm³/mol. The fraction of sp³-hybridized carbons (Fsp3) is 0.625. The van der Waals surface area contributed by atoms with Crippen LogP contribution in [0.25, 0.3) is 0 Å². The van der Waals surface area contributed by atoms with Crippen LogP contribution in [0.5, 0.6) is 0 Å². The second kappa shape index (κ2) is 7.87. The maximum absolute atomic E-state index is 6.35. The Balaban J connectivity index is 2.07. The average molecular weight is 297 g/mol. The van der Waals surface area contributed by atoms with Crippen molar-refractivity contribution in [1.82, 2.24) is 5.32 Å². The summed E-state index contributed by atoms with van der Waals surface area (Å²) in [6.45, 7) is 5.69. The molecule has 1 aliphatic rings. The lowest BCUT2D eigenvalue weighted by Crippen LogP contribution is -2.34. The van der Waals surface area contributed by atoms with Crippen molar-refractivity contribution in [3.63, 3.8) is 0 Å². The zero-order chi connectivity index (χ0) is 14.4. The number of ether oxygens (including phenoxy) is 1. The number of nitrogens with one attached hydrogen (secondary N) is 1. The van der Waals surface area contributed by atoms with Gasteiger partial charge in [0.05, 0.1) is 6.10 Å². The molecule has 0 radical (unpaired) electrons. The number of benzene rings is 1. The Morgan fingerprint density at radius 2 is 2.25 bits per heavy atom. The Kier molecular flexibility index (Phi) is 6.14. The summed E-state index contributed by atoms with van der Waals surface area (Å²) in [7, 11) is 2.12. The lowest BCUT2D eigenvalue weighted by Gasteiger charge is -2.30. The number of anilines is 1. The van der Waals surface area contributed by atoms with E-state index in [2.05, 4.69) is 30.3 Å².